The van der Waals surface area contributed by atoms with Crippen LogP contribution in [0.3, 0.4) is 0 Å². The van der Waals surface area contributed by atoms with Crippen molar-refractivity contribution < 1.29 is 29.3 Å². The maximum absolute atomic E-state index is 12.9. The van der Waals surface area contributed by atoms with Crippen LogP contribution < -0.4 is 0 Å². The van der Waals surface area contributed by atoms with Gasteiger partial charge in [-0.15, -0.1) is 0 Å². The minimum atomic E-state index is -1.61. The predicted molar refractivity (Wildman–Crippen MR) is 109 cm³/mol. The number of carbonyl (C=O) groups excluding carboxylic acids is 3. The number of ketones is 2. The minimum absolute atomic E-state index is 0.00535. The first-order valence-electron chi connectivity index (χ1n) is 11.0. The second-order valence-electron chi connectivity index (χ2n) is 10.3. The summed E-state index contributed by atoms with van der Waals surface area (Å²) in [5.41, 5.74) is -1.72. The third kappa shape index (κ3) is 2.79. The summed E-state index contributed by atoms with van der Waals surface area (Å²) in [7, 11) is 0. The van der Waals surface area contributed by atoms with Crippen molar-refractivity contribution in [1.29, 1.82) is 0 Å². The molecule has 6 heteroatoms. The van der Waals surface area contributed by atoms with Crippen molar-refractivity contribution in [2.45, 2.75) is 65.1 Å². The monoisotopic (exact) mass is 416 g/mol. The van der Waals surface area contributed by atoms with E-state index in [1.165, 1.54) is 6.92 Å². The Labute approximate surface area is 177 Å². The lowest BCUT2D eigenvalue weighted by molar-refractivity contribution is -0.182. The van der Waals surface area contributed by atoms with Crippen molar-refractivity contribution >= 4 is 17.5 Å². The zero-order chi connectivity index (χ0) is 22.1. The van der Waals surface area contributed by atoms with Gasteiger partial charge in [-0.2, -0.15) is 0 Å². The summed E-state index contributed by atoms with van der Waals surface area (Å²) >= 11 is 0. The van der Waals surface area contributed by atoms with Crippen LogP contribution in [0.25, 0.3) is 0 Å². The lowest BCUT2D eigenvalue weighted by atomic mass is 9.45. The molecule has 4 aliphatic rings. The van der Waals surface area contributed by atoms with Crippen molar-refractivity contribution in [1.82, 2.24) is 0 Å². The molecule has 8 atom stereocenters. The van der Waals surface area contributed by atoms with Crippen LogP contribution in [0.4, 0.5) is 0 Å². The number of rotatable bonds is 3. The Hall–Kier alpha value is -1.79. The highest BCUT2D eigenvalue weighted by molar-refractivity contribution is 6.01. The Morgan fingerprint density at radius 2 is 2.00 bits per heavy atom. The second kappa shape index (κ2) is 6.86. The van der Waals surface area contributed by atoms with Crippen LogP contribution in [-0.4, -0.2) is 46.1 Å². The van der Waals surface area contributed by atoms with Gasteiger partial charge in [-0.25, -0.2) is 0 Å². The molecular weight excluding hydrogens is 384 g/mol. The first kappa shape index (κ1) is 21.4. The molecule has 0 radical (unpaired) electrons. The van der Waals surface area contributed by atoms with E-state index in [-0.39, 0.29) is 29.5 Å². The summed E-state index contributed by atoms with van der Waals surface area (Å²) in [6.45, 7) is 6.94. The molecule has 0 unspecified atom stereocenters. The largest absolute Gasteiger partial charge is 0.458 e. The molecule has 0 heterocycles. The zero-order valence-electron chi connectivity index (χ0n) is 18.2. The molecule has 30 heavy (non-hydrogen) atoms. The third-order valence-corrected chi connectivity index (χ3v) is 8.84. The first-order chi connectivity index (χ1) is 13.9. The predicted octanol–water partition coefficient (Wildman–Crippen LogP) is 2.37. The Morgan fingerprint density at radius 3 is 2.67 bits per heavy atom. The first-order valence-corrected chi connectivity index (χ1v) is 11.0. The highest BCUT2D eigenvalue weighted by Gasteiger charge is 2.68. The van der Waals surface area contributed by atoms with Crippen molar-refractivity contribution in [3.63, 3.8) is 0 Å². The molecule has 4 rings (SSSR count). The van der Waals surface area contributed by atoms with Crippen LogP contribution in [0.5, 0.6) is 0 Å². The fourth-order valence-corrected chi connectivity index (χ4v) is 7.50. The van der Waals surface area contributed by atoms with Crippen LogP contribution in [0, 0.1) is 34.5 Å². The summed E-state index contributed by atoms with van der Waals surface area (Å²) < 4.78 is 4.89. The molecule has 0 aromatic rings. The fourth-order valence-electron chi connectivity index (χ4n) is 7.50. The van der Waals surface area contributed by atoms with Crippen molar-refractivity contribution in [2.75, 3.05) is 6.61 Å². The highest BCUT2D eigenvalue weighted by atomic mass is 16.5. The molecule has 0 bridgehead atoms. The van der Waals surface area contributed by atoms with E-state index >= 15 is 0 Å². The number of Topliss-reactive ketones (excluding diaryl/α,β-unsaturated/α-hetero) is 1. The van der Waals surface area contributed by atoms with Gasteiger partial charge in [0.25, 0.3) is 0 Å². The SMILES string of the molecule is CC(=O)OCC(=O)[C@@]1(O)CC[C@H]2[C@@H]3C[C@H](C)C4=CC(=O)C=C[C@]4(C)[C@H]3[C@H](O)C[C@@]21C. The Kier molecular flexibility index (Phi) is 4.90. The van der Waals surface area contributed by atoms with Crippen molar-refractivity contribution in [3.05, 3.63) is 23.8 Å². The van der Waals surface area contributed by atoms with Gasteiger partial charge in [0.1, 0.15) is 5.60 Å². The van der Waals surface area contributed by atoms with E-state index in [1.54, 1.807) is 12.2 Å². The number of fused-ring (bicyclic) bond motifs is 5. The number of hydrogen-bond acceptors (Lipinski definition) is 6. The summed E-state index contributed by atoms with van der Waals surface area (Å²) in [4.78, 5) is 36.1. The molecule has 3 saturated carbocycles. The van der Waals surface area contributed by atoms with Crippen molar-refractivity contribution in [3.8, 4) is 0 Å². The van der Waals surface area contributed by atoms with Crippen molar-refractivity contribution in [2.24, 2.45) is 34.5 Å². The van der Waals surface area contributed by atoms with Gasteiger partial charge in [0, 0.05) is 23.7 Å². The number of carbonyl (C=O) groups is 3. The molecule has 0 aromatic heterocycles. The van der Waals surface area contributed by atoms with E-state index in [9.17, 15) is 24.6 Å². The molecule has 0 aliphatic heterocycles. The third-order valence-electron chi connectivity index (χ3n) is 8.84. The normalized spacial score (nSPS) is 47.1. The van der Waals surface area contributed by atoms with Gasteiger partial charge in [-0.3, -0.25) is 14.4 Å². The topological polar surface area (TPSA) is 101 Å². The van der Waals surface area contributed by atoms with Crippen LogP contribution in [0.15, 0.2) is 23.8 Å². The van der Waals surface area contributed by atoms with E-state index < -0.39 is 40.9 Å². The molecule has 0 amide bonds. The number of hydrogen-bond donors (Lipinski definition) is 2. The number of allylic oxidation sites excluding steroid dienone is 4. The molecule has 4 aliphatic carbocycles. The van der Waals surface area contributed by atoms with E-state index in [4.69, 9.17) is 4.74 Å². The summed E-state index contributed by atoms with van der Waals surface area (Å²) in [5, 5.41) is 22.9. The van der Waals surface area contributed by atoms with Gasteiger partial charge < -0.3 is 14.9 Å². The van der Waals surface area contributed by atoms with E-state index in [0.717, 1.165) is 12.0 Å². The molecule has 6 nitrogen and oxygen atoms in total. The lowest BCUT2D eigenvalue weighted by Crippen LogP contribution is -2.62. The maximum Gasteiger partial charge on any atom is 0.303 e. The van der Waals surface area contributed by atoms with Gasteiger partial charge in [-0.1, -0.05) is 32.4 Å². The molecule has 0 spiro atoms. The summed E-state index contributed by atoms with van der Waals surface area (Å²) in [6.07, 6.45) is 6.71. The van der Waals surface area contributed by atoms with Crippen LogP contribution in [0.1, 0.15) is 53.4 Å². The second-order valence-corrected chi connectivity index (χ2v) is 10.3. The van der Waals surface area contributed by atoms with Crippen LogP contribution in [-0.2, 0) is 19.1 Å². The molecular formula is C24H32O6. The number of esters is 1. The molecule has 0 aromatic carbocycles. The average Bonchev–Trinajstić information content (AvgIpc) is 2.93. The maximum atomic E-state index is 12.9. The van der Waals surface area contributed by atoms with Gasteiger partial charge in [-0.05, 0) is 55.6 Å². The minimum Gasteiger partial charge on any atom is -0.458 e. The number of aliphatic hydroxyl groups is 2. The Bertz CT molecular complexity index is 858. The van der Waals surface area contributed by atoms with Gasteiger partial charge in [0.05, 0.1) is 6.10 Å². The molecule has 0 saturated heterocycles. The Balaban J connectivity index is 1.70. The summed E-state index contributed by atoms with van der Waals surface area (Å²) in [5.74, 6) is -0.712. The highest BCUT2D eigenvalue weighted by Crippen LogP contribution is 2.67. The van der Waals surface area contributed by atoms with Crippen LogP contribution in [0.2, 0.25) is 0 Å². The van der Waals surface area contributed by atoms with Gasteiger partial charge >= 0.3 is 5.97 Å². The fraction of sp³-hybridized carbons (Fsp3) is 0.708. The van der Waals surface area contributed by atoms with E-state index in [0.29, 0.717) is 19.3 Å². The van der Waals surface area contributed by atoms with Gasteiger partial charge in [0.2, 0.25) is 5.78 Å². The Morgan fingerprint density at radius 1 is 1.30 bits per heavy atom. The molecule has 3 fully saturated rings. The van der Waals surface area contributed by atoms with Gasteiger partial charge in [0.15, 0.2) is 12.4 Å². The number of aliphatic hydroxyl groups excluding tert-OH is 1. The van der Waals surface area contributed by atoms with E-state index in [2.05, 4.69) is 13.8 Å². The number of ether oxygens (including phenoxy) is 1. The molecule has 164 valence electrons. The van der Waals surface area contributed by atoms with E-state index in [1.807, 2.05) is 13.0 Å². The lowest BCUT2D eigenvalue weighted by Gasteiger charge is -2.60. The molecule has 2 N–H and O–H groups in total. The standard InChI is InChI=1S/C24H32O6/c1-13-9-16-17-6-8-24(29,20(28)12-30-14(2)25)23(17,4)11-19(27)21(16)22(3)7-5-15(26)10-18(13)22/h5,7,10,13,16-17,19,21,27,29H,6,8-9,11-12H2,1-4H3/t13-,16-,17-,19+,21+,22-,23-,24-/m0/s1. The average molecular weight is 417 g/mol. The zero-order valence-corrected chi connectivity index (χ0v) is 18.2. The van der Waals surface area contributed by atoms with Crippen LogP contribution >= 0.6 is 0 Å². The smallest absolute Gasteiger partial charge is 0.303 e. The quantitative estimate of drug-likeness (QED) is 0.685. The summed E-state index contributed by atoms with van der Waals surface area (Å²) in [6, 6.07) is 0.